The van der Waals surface area contributed by atoms with Crippen LogP contribution in [-0.4, -0.2) is 54.0 Å². The topological polar surface area (TPSA) is 61.4 Å². The molecule has 4 rings (SSSR count). The molecule has 2 heterocycles. The summed E-state index contributed by atoms with van der Waals surface area (Å²) >= 11 is 0. The summed E-state index contributed by atoms with van der Waals surface area (Å²) in [7, 11) is 2.10. The Hall–Kier alpha value is -2.54. The minimum absolute atomic E-state index is 0.0833. The molecule has 26 heavy (non-hydrogen) atoms. The summed E-state index contributed by atoms with van der Waals surface area (Å²) in [6.45, 7) is 3.77. The average Bonchev–Trinajstić information content (AvgIpc) is 3.46. The number of carbonyl (C=O) groups excluding carboxylic acids is 1. The van der Waals surface area contributed by atoms with E-state index in [0.717, 1.165) is 44.6 Å². The highest BCUT2D eigenvalue weighted by atomic mass is 19.1. The molecule has 0 spiro atoms. The zero-order chi connectivity index (χ0) is 18.1. The van der Waals surface area contributed by atoms with Crippen molar-refractivity contribution in [3.63, 3.8) is 0 Å². The third kappa shape index (κ3) is 3.26. The third-order valence-corrected chi connectivity index (χ3v) is 5.26. The van der Waals surface area contributed by atoms with Gasteiger partial charge in [-0.3, -0.25) is 4.79 Å². The summed E-state index contributed by atoms with van der Waals surface area (Å²) in [6, 6.07) is 6.18. The van der Waals surface area contributed by atoms with Gasteiger partial charge >= 0.3 is 0 Å². The molecule has 1 aromatic carbocycles. The Bertz CT molecular complexity index is 781. The molecule has 0 atom stereocenters. The fourth-order valence-corrected chi connectivity index (χ4v) is 3.35. The molecule has 1 aromatic heterocycles. The summed E-state index contributed by atoms with van der Waals surface area (Å²) in [5, 5.41) is 2.91. The molecule has 0 radical (unpaired) electrons. The van der Waals surface area contributed by atoms with Crippen LogP contribution in [0.5, 0.6) is 0 Å². The van der Waals surface area contributed by atoms with Crippen LogP contribution in [-0.2, 0) is 10.2 Å². The summed E-state index contributed by atoms with van der Waals surface area (Å²) < 4.78 is 13.1. The molecule has 1 aliphatic carbocycles. The first-order valence-electron chi connectivity index (χ1n) is 8.90. The molecule has 1 amide bonds. The van der Waals surface area contributed by atoms with Crippen molar-refractivity contribution in [1.29, 1.82) is 0 Å². The minimum Gasteiger partial charge on any atom is -0.338 e. The van der Waals surface area contributed by atoms with Crippen molar-refractivity contribution in [3.8, 4) is 0 Å². The van der Waals surface area contributed by atoms with Crippen LogP contribution in [0.25, 0.3) is 0 Å². The van der Waals surface area contributed by atoms with Crippen molar-refractivity contribution < 1.29 is 9.18 Å². The van der Waals surface area contributed by atoms with Crippen molar-refractivity contribution in [2.75, 3.05) is 43.4 Å². The first-order valence-corrected chi connectivity index (χ1v) is 8.90. The predicted molar refractivity (Wildman–Crippen MR) is 97.7 cm³/mol. The van der Waals surface area contributed by atoms with Gasteiger partial charge in [0.2, 0.25) is 11.9 Å². The lowest BCUT2D eigenvalue weighted by Crippen LogP contribution is -2.45. The van der Waals surface area contributed by atoms with Crippen LogP contribution in [0.1, 0.15) is 18.4 Å². The number of piperazine rings is 1. The van der Waals surface area contributed by atoms with E-state index in [2.05, 4.69) is 32.1 Å². The SMILES string of the molecule is CN1CCN(c2ncc(NC(=O)C3(c4ccc(F)cc4)CC3)cn2)CC1. The molecule has 1 N–H and O–H groups in total. The molecule has 1 aliphatic heterocycles. The highest BCUT2D eigenvalue weighted by Crippen LogP contribution is 2.49. The van der Waals surface area contributed by atoms with Crippen LogP contribution in [0.4, 0.5) is 16.0 Å². The summed E-state index contributed by atoms with van der Waals surface area (Å²) in [6.07, 6.45) is 4.84. The number of benzene rings is 1. The predicted octanol–water partition coefficient (Wildman–Crippen LogP) is 2.04. The van der Waals surface area contributed by atoms with Gasteiger partial charge in [-0.25, -0.2) is 14.4 Å². The molecule has 1 saturated carbocycles. The Kier molecular flexibility index (Phi) is 4.32. The highest BCUT2D eigenvalue weighted by molar-refractivity contribution is 6.01. The number of amides is 1. The molecule has 2 aromatic rings. The smallest absolute Gasteiger partial charge is 0.235 e. The summed E-state index contributed by atoms with van der Waals surface area (Å²) in [5.74, 6) is 0.314. The summed E-state index contributed by atoms with van der Waals surface area (Å²) in [5.41, 5.74) is 0.886. The van der Waals surface area contributed by atoms with E-state index in [0.29, 0.717) is 11.6 Å². The lowest BCUT2D eigenvalue weighted by Gasteiger charge is -2.32. The zero-order valence-electron chi connectivity index (χ0n) is 14.8. The lowest BCUT2D eigenvalue weighted by molar-refractivity contribution is -0.118. The Balaban J connectivity index is 1.42. The molecule has 0 unspecified atom stereocenters. The third-order valence-electron chi connectivity index (χ3n) is 5.26. The standard InChI is InChI=1S/C19H22FN5O/c1-24-8-10-25(11-9-24)18-21-12-16(13-22-18)23-17(26)19(6-7-19)14-2-4-15(20)5-3-14/h2-5,12-13H,6-11H2,1H3,(H,23,26). The number of rotatable bonds is 4. The van der Waals surface area contributed by atoms with Crippen LogP contribution < -0.4 is 10.2 Å². The van der Waals surface area contributed by atoms with Crippen molar-refractivity contribution in [1.82, 2.24) is 14.9 Å². The second-order valence-corrected chi connectivity index (χ2v) is 7.11. The van der Waals surface area contributed by atoms with E-state index in [4.69, 9.17) is 0 Å². The van der Waals surface area contributed by atoms with E-state index in [1.165, 1.54) is 12.1 Å². The second kappa shape index (κ2) is 6.64. The Morgan fingerprint density at radius 1 is 1.08 bits per heavy atom. The zero-order valence-corrected chi connectivity index (χ0v) is 14.8. The second-order valence-electron chi connectivity index (χ2n) is 7.11. The average molecular weight is 355 g/mol. The van der Waals surface area contributed by atoms with E-state index >= 15 is 0 Å². The van der Waals surface area contributed by atoms with Gasteiger partial charge in [0.05, 0.1) is 23.5 Å². The van der Waals surface area contributed by atoms with Crippen molar-refractivity contribution in [2.24, 2.45) is 0 Å². The molecule has 2 fully saturated rings. The molecule has 7 heteroatoms. The van der Waals surface area contributed by atoms with Gasteiger partial charge in [0.25, 0.3) is 0 Å². The Labute approximate surface area is 152 Å². The van der Waals surface area contributed by atoms with Gasteiger partial charge in [-0.1, -0.05) is 12.1 Å². The van der Waals surface area contributed by atoms with E-state index in [-0.39, 0.29) is 11.7 Å². The van der Waals surface area contributed by atoms with Crippen LogP contribution >= 0.6 is 0 Å². The molecular weight excluding hydrogens is 333 g/mol. The van der Waals surface area contributed by atoms with E-state index in [1.54, 1.807) is 24.5 Å². The van der Waals surface area contributed by atoms with E-state index < -0.39 is 5.41 Å². The number of anilines is 2. The number of aromatic nitrogens is 2. The number of likely N-dealkylation sites (N-methyl/N-ethyl adjacent to an activating group) is 1. The van der Waals surface area contributed by atoms with Crippen LogP contribution in [0.15, 0.2) is 36.7 Å². The quantitative estimate of drug-likeness (QED) is 0.909. The van der Waals surface area contributed by atoms with Crippen molar-refractivity contribution >= 4 is 17.5 Å². The molecule has 136 valence electrons. The Morgan fingerprint density at radius 2 is 1.69 bits per heavy atom. The summed E-state index contributed by atoms with van der Waals surface area (Å²) in [4.78, 5) is 25.9. The van der Waals surface area contributed by atoms with Crippen LogP contribution in [0.2, 0.25) is 0 Å². The monoisotopic (exact) mass is 355 g/mol. The molecule has 1 saturated heterocycles. The number of halogens is 1. The van der Waals surface area contributed by atoms with Crippen molar-refractivity contribution in [3.05, 3.63) is 48.0 Å². The highest BCUT2D eigenvalue weighted by Gasteiger charge is 2.51. The number of hydrogen-bond donors (Lipinski definition) is 1. The van der Waals surface area contributed by atoms with Gasteiger partial charge in [-0.15, -0.1) is 0 Å². The van der Waals surface area contributed by atoms with Crippen molar-refractivity contribution in [2.45, 2.75) is 18.3 Å². The van der Waals surface area contributed by atoms with Gasteiger partial charge in [-0.05, 0) is 37.6 Å². The number of nitrogens with one attached hydrogen (secondary N) is 1. The fraction of sp³-hybridized carbons (Fsp3) is 0.421. The maximum Gasteiger partial charge on any atom is 0.235 e. The van der Waals surface area contributed by atoms with Gasteiger partial charge in [-0.2, -0.15) is 0 Å². The maximum atomic E-state index is 13.1. The first kappa shape index (κ1) is 16.9. The number of hydrogen-bond acceptors (Lipinski definition) is 5. The lowest BCUT2D eigenvalue weighted by atomic mass is 9.95. The largest absolute Gasteiger partial charge is 0.338 e. The van der Waals surface area contributed by atoms with Gasteiger partial charge in [0.1, 0.15) is 5.82 Å². The van der Waals surface area contributed by atoms with Gasteiger partial charge in [0, 0.05) is 26.2 Å². The molecule has 0 bridgehead atoms. The Morgan fingerprint density at radius 3 is 2.27 bits per heavy atom. The minimum atomic E-state index is -0.552. The molecular formula is C19H22FN5O. The number of carbonyl (C=O) groups is 1. The maximum absolute atomic E-state index is 13.1. The molecule has 6 nitrogen and oxygen atoms in total. The van der Waals surface area contributed by atoms with Crippen LogP contribution in [0, 0.1) is 5.82 Å². The van der Waals surface area contributed by atoms with E-state index in [9.17, 15) is 9.18 Å². The normalized spacial score (nSPS) is 19.2. The van der Waals surface area contributed by atoms with Gasteiger partial charge < -0.3 is 15.1 Å². The first-order chi connectivity index (χ1) is 12.6. The van der Waals surface area contributed by atoms with E-state index in [1.807, 2.05) is 0 Å². The van der Waals surface area contributed by atoms with Crippen LogP contribution in [0.3, 0.4) is 0 Å². The molecule has 2 aliphatic rings. The number of nitrogens with zero attached hydrogens (tertiary/aromatic N) is 4. The fourth-order valence-electron chi connectivity index (χ4n) is 3.35. The van der Waals surface area contributed by atoms with Gasteiger partial charge in [0.15, 0.2) is 0 Å².